The Kier molecular flexibility index (Phi) is 3.62. The van der Waals surface area contributed by atoms with E-state index >= 15 is 0 Å². The lowest BCUT2D eigenvalue weighted by Gasteiger charge is -2.35. The van der Waals surface area contributed by atoms with Crippen molar-refractivity contribution in [3.63, 3.8) is 0 Å². The van der Waals surface area contributed by atoms with Crippen molar-refractivity contribution in [1.82, 2.24) is 4.90 Å². The molecule has 0 saturated heterocycles. The number of carbonyl (C=O) groups excluding carboxylic acids is 1. The van der Waals surface area contributed by atoms with E-state index < -0.39 is 0 Å². The van der Waals surface area contributed by atoms with Crippen LogP contribution in [0.4, 0.5) is 0 Å². The lowest BCUT2D eigenvalue weighted by Crippen LogP contribution is -2.33. The molecule has 0 spiro atoms. The molecular weight excluding hydrogens is 274 g/mol. The van der Waals surface area contributed by atoms with Gasteiger partial charge in [0.15, 0.2) is 0 Å². The number of thiophene rings is 1. The normalized spacial score (nSPS) is 22.1. The van der Waals surface area contributed by atoms with E-state index in [0.29, 0.717) is 5.25 Å². The predicted molar refractivity (Wildman–Crippen MR) is 80.5 cm³/mol. The van der Waals surface area contributed by atoms with Crippen molar-refractivity contribution in [3.8, 4) is 0 Å². The Morgan fingerprint density at radius 2 is 2.11 bits per heavy atom. The quantitative estimate of drug-likeness (QED) is 0.792. The minimum absolute atomic E-state index is 0.208. The van der Waals surface area contributed by atoms with Crippen LogP contribution in [0, 0.1) is 0 Å². The van der Waals surface area contributed by atoms with E-state index in [9.17, 15) is 4.79 Å². The van der Waals surface area contributed by atoms with E-state index in [2.05, 4.69) is 42.6 Å². The summed E-state index contributed by atoms with van der Waals surface area (Å²) in [5.41, 5.74) is 1.39. The van der Waals surface area contributed by atoms with Crippen LogP contribution in [0.5, 0.6) is 0 Å². The van der Waals surface area contributed by atoms with Gasteiger partial charge in [-0.05, 0) is 36.1 Å². The smallest absolute Gasteiger partial charge is 0.210 e. The van der Waals surface area contributed by atoms with Crippen LogP contribution in [0.1, 0.15) is 28.7 Å². The molecule has 4 heteroatoms. The lowest BCUT2D eigenvalue weighted by molar-refractivity contribution is -0.120. The third kappa shape index (κ3) is 2.42. The number of rotatable bonds is 3. The fraction of sp³-hybridized carbons (Fsp3) is 0.267. The molecule has 1 aromatic heterocycles. The highest BCUT2D eigenvalue weighted by molar-refractivity contribution is 7.99. The zero-order valence-corrected chi connectivity index (χ0v) is 12.3. The second-order valence-corrected chi connectivity index (χ2v) is 6.86. The van der Waals surface area contributed by atoms with Crippen molar-refractivity contribution in [1.29, 1.82) is 0 Å². The van der Waals surface area contributed by atoms with Gasteiger partial charge in [0.1, 0.15) is 0 Å². The monoisotopic (exact) mass is 289 g/mol. The molecule has 98 valence electrons. The zero-order chi connectivity index (χ0) is 13.2. The third-order valence-electron chi connectivity index (χ3n) is 3.48. The first kappa shape index (κ1) is 12.8. The summed E-state index contributed by atoms with van der Waals surface area (Å²) >= 11 is 3.59. The van der Waals surface area contributed by atoms with Gasteiger partial charge in [0.05, 0.1) is 11.3 Å². The van der Waals surface area contributed by atoms with Gasteiger partial charge >= 0.3 is 0 Å². The van der Waals surface area contributed by atoms with Crippen LogP contribution in [0.25, 0.3) is 0 Å². The number of amides is 1. The molecule has 1 amide bonds. The highest BCUT2D eigenvalue weighted by Gasteiger charge is 2.31. The van der Waals surface area contributed by atoms with E-state index in [4.69, 9.17) is 0 Å². The first-order chi connectivity index (χ1) is 9.29. The molecular formula is C15H15NOS2. The van der Waals surface area contributed by atoms with Crippen LogP contribution in [-0.2, 0) is 4.79 Å². The topological polar surface area (TPSA) is 20.3 Å². The van der Waals surface area contributed by atoms with Gasteiger partial charge < -0.3 is 4.90 Å². The van der Waals surface area contributed by atoms with Gasteiger partial charge in [-0.2, -0.15) is 0 Å². The molecule has 3 rings (SSSR count). The third-order valence-corrected chi connectivity index (χ3v) is 5.82. The Hall–Kier alpha value is -1.26. The van der Waals surface area contributed by atoms with E-state index in [1.807, 2.05) is 22.7 Å². The second kappa shape index (κ2) is 5.39. The van der Waals surface area contributed by atoms with Crippen molar-refractivity contribution in [2.24, 2.45) is 0 Å². The average Bonchev–Trinajstić information content (AvgIpc) is 2.93. The van der Waals surface area contributed by atoms with E-state index in [1.165, 1.54) is 15.3 Å². The van der Waals surface area contributed by atoms with Crippen molar-refractivity contribution >= 4 is 29.5 Å². The standard InChI is InChI=1S/C15H15NOS2/c1-11-15-13(7-8-18-15)14(9-16(11)10-17)19-12-5-3-2-4-6-12/h2-8,10-11,14H,9H2,1H3. The summed E-state index contributed by atoms with van der Waals surface area (Å²) in [5.74, 6) is 0. The molecule has 2 atom stereocenters. The molecule has 2 unspecified atom stereocenters. The highest BCUT2D eigenvalue weighted by Crippen LogP contribution is 2.45. The molecule has 0 saturated carbocycles. The van der Waals surface area contributed by atoms with E-state index in [1.54, 1.807) is 11.3 Å². The summed E-state index contributed by atoms with van der Waals surface area (Å²) in [7, 11) is 0. The van der Waals surface area contributed by atoms with Crippen LogP contribution in [0.2, 0.25) is 0 Å². The van der Waals surface area contributed by atoms with Crippen molar-refractivity contribution in [2.45, 2.75) is 23.1 Å². The summed E-state index contributed by atoms with van der Waals surface area (Å²) in [5, 5.41) is 2.47. The maximum absolute atomic E-state index is 11.2. The summed E-state index contributed by atoms with van der Waals surface area (Å²) in [6.45, 7) is 2.89. The van der Waals surface area contributed by atoms with Crippen molar-refractivity contribution in [3.05, 3.63) is 52.2 Å². The molecule has 1 aliphatic rings. The maximum atomic E-state index is 11.2. The SMILES string of the molecule is CC1c2sccc2C(Sc2ccccc2)CN1C=O. The highest BCUT2D eigenvalue weighted by atomic mass is 32.2. The Labute approximate surface area is 121 Å². The summed E-state index contributed by atoms with van der Waals surface area (Å²) in [6.07, 6.45) is 0.978. The zero-order valence-electron chi connectivity index (χ0n) is 10.7. The molecule has 1 aromatic carbocycles. The van der Waals surface area contributed by atoms with E-state index in [0.717, 1.165) is 13.0 Å². The molecule has 19 heavy (non-hydrogen) atoms. The number of hydrogen-bond donors (Lipinski definition) is 0. The summed E-state index contributed by atoms with van der Waals surface area (Å²) in [4.78, 5) is 15.7. The number of thioether (sulfide) groups is 1. The fourth-order valence-electron chi connectivity index (χ4n) is 2.43. The summed E-state index contributed by atoms with van der Waals surface area (Å²) < 4.78 is 0. The molecule has 0 radical (unpaired) electrons. The Balaban J connectivity index is 1.90. The molecule has 0 fully saturated rings. The molecule has 2 nitrogen and oxygen atoms in total. The Morgan fingerprint density at radius 3 is 2.84 bits per heavy atom. The average molecular weight is 289 g/mol. The number of carbonyl (C=O) groups is 1. The number of hydrogen-bond acceptors (Lipinski definition) is 3. The van der Waals surface area contributed by atoms with Crippen LogP contribution >= 0.6 is 23.1 Å². The van der Waals surface area contributed by atoms with Crippen LogP contribution < -0.4 is 0 Å². The first-order valence-corrected chi connectivity index (χ1v) is 8.05. The Bertz CT molecular complexity index is 567. The van der Waals surface area contributed by atoms with Gasteiger partial charge in [-0.15, -0.1) is 23.1 Å². The van der Waals surface area contributed by atoms with Crippen LogP contribution in [-0.4, -0.2) is 17.9 Å². The molecule has 0 N–H and O–H groups in total. The predicted octanol–water partition coefficient (Wildman–Crippen LogP) is 4.11. The van der Waals surface area contributed by atoms with Gasteiger partial charge in [0, 0.05) is 16.3 Å². The van der Waals surface area contributed by atoms with Gasteiger partial charge in [0.25, 0.3) is 0 Å². The molecule has 1 aliphatic heterocycles. The molecule has 0 aliphatic carbocycles. The number of fused-ring (bicyclic) bond motifs is 1. The summed E-state index contributed by atoms with van der Waals surface area (Å²) in [6, 6.07) is 12.8. The van der Waals surface area contributed by atoms with Gasteiger partial charge in [-0.3, -0.25) is 4.79 Å². The van der Waals surface area contributed by atoms with Crippen molar-refractivity contribution < 1.29 is 4.79 Å². The first-order valence-electron chi connectivity index (χ1n) is 6.29. The number of benzene rings is 1. The largest absolute Gasteiger partial charge is 0.336 e. The van der Waals surface area contributed by atoms with Gasteiger partial charge in [-0.25, -0.2) is 0 Å². The van der Waals surface area contributed by atoms with Crippen LogP contribution in [0.15, 0.2) is 46.7 Å². The van der Waals surface area contributed by atoms with Crippen LogP contribution in [0.3, 0.4) is 0 Å². The minimum atomic E-state index is 0.208. The van der Waals surface area contributed by atoms with E-state index in [-0.39, 0.29) is 6.04 Å². The number of nitrogens with zero attached hydrogens (tertiary/aromatic N) is 1. The molecule has 2 heterocycles. The molecule has 0 bridgehead atoms. The van der Waals surface area contributed by atoms with Crippen molar-refractivity contribution in [2.75, 3.05) is 6.54 Å². The lowest BCUT2D eigenvalue weighted by atomic mass is 10.0. The maximum Gasteiger partial charge on any atom is 0.210 e. The fourth-order valence-corrected chi connectivity index (χ4v) is 4.77. The minimum Gasteiger partial charge on any atom is -0.336 e. The second-order valence-electron chi connectivity index (χ2n) is 4.64. The van der Waals surface area contributed by atoms with Gasteiger partial charge in [-0.1, -0.05) is 18.2 Å². The Morgan fingerprint density at radius 1 is 1.32 bits per heavy atom. The van der Waals surface area contributed by atoms with Gasteiger partial charge in [0.2, 0.25) is 6.41 Å². The molecule has 2 aromatic rings.